The molecule has 0 aliphatic carbocycles. The van der Waals surface area contributed by atoms with E-state index in [9.17, 15) is 9.59 Å². The molecule has 0 atom stereocenters. The van der Waals surface area contributed by atoms with Gasteiger partial charge in [-0.1, -0.05) is 48.9 Å². The van der Waals surface area contributed by atoms with E-state index in [1.807, 2.05) is 12.1 Å². The number of likely N-dealkylation sites (tertiary alicyclic amines) is 1. The molecule has 0 aromatic heterocycles. The molecule has 126 valence electrons. The van der Waals surface area contributed by atoms with Gasteiger partial charge in [0.25, 0.3) is 0 Å². The molecular formula is C20H24N2O2. The van der Waals surface area contributed by atoms with Crippen molar-refractivity contribution in [3.63, 3.8) is 0 Å². The Labute approximate surface area is 142 Å². The molecule has 0 saturated carbocycles. The highest BCUT2D eigenvalue weighted by molar-refractivity contribution is 5.85. The topological polar surface area (TPSA) is 49.4 Å². The fourth-order valence-corrected chi connectivity index (χ4v) is 3.18. The summed E-state index contributed by atoms with van der Waals surface area (Å²) in [6.07, 6.45) is 4.38. The number of carbonyl (C=O) groups is 2. The first-order valence-corrected chi connectivity index (χ1v) is 8.74. The second-order valence-corrected chi connectivity index (χ2v) is 6.41. The molecule has 2 aromatic carbocycles. The fourth-order valence-electron chi connectivity index (χ4n) is 3.18. The smallest absolute Gasteiger partial charge is 0.239 e. The van der Waals surface area contributed by atoms with Crippen molar-refractivity contribution >= 4 is 22.6 Å². The number of nitrogens with zero attached hydrogens (tertiary/aromatic N) is 1. The molecule has 0 radical (unpaired) electrons. The molecule has 0 bridgehead atoms. The van der Waals surface area contributed by atoms with Crippen LogP contribution < -0.4 is 5.32 Å². The first-order chi connectivity index (χ1) is 11.7. The number of benzene rings is 2. The summed E-state index contributed by atoms with van der Waals surface area (Å²) in [5.74, 6) is 0.0446. The molecule has 1 aliphatic heterocycles. The van der Waals surface area contributed by atoms with E-state index < -0.39 is 0 Å². The number of nitrogens with one attached hydrogen (secondary N) is 1. The normalized spacial score (nSPS) is 15.3. The maximum atomic E-state index is 12.1. The molecule has 4 nitrogen and oxygen atoms in total. The fraction of sp³-hybridized carbons (Fsp3) is 0.400. The maximum Gasteiger partial charge on any atom is 0.239 e. The van der Waals surface area contributed by atoms with Crippen LogP contribution in [0.3, 0.4) is 0 Å². The minimum absolute atomic E-state index is 0.0639. The number of rotatable bonds is 5. The zero-order valence-corrected chi connectivity index (χ0v) is 14.0. The van der Waals surface area contributed by atoms with Crippen LogP contribution in [0.5, 0.6) is 0 Å². The minimum Gasteiger partial charge on any atom is -0.354 e. The number of hydrogen-bond donors (Lipinski definition) is 1. The zero-order chi connectivity index (χ0) is 16.8. The van der Waals surface area contributed by atoms with Gasteiger partial charge in [0.1, 0.15) is 0 Å². The van der Waals surface area contributed by atoms with E-state index in [-0.39, 0.29) is 18.4 Å². The van der Waals surface area contributed by atoms with Crippen molar-refractivity contribution in [1.29, 1.82) is 0 Å². The van der Waals surface area contributed by atoms with E-state index in [0.717, 1.165) is 25.7 Å². The van der Waals surface area contributed by atoms with Crippen molar-refractivity contribution in [2.75, 3.05) is 19.6 Å². The van der Waals surface area contributed by atoms with Crippen molar-refractivity contribution in [3.05, 3.63) is 48.0 Å². The second-order valence-electron chi connectivity index (χ2n) is 6.41. The van der Waals surface area contributed by atoms with Crippen molar-refractivity contribution in [2.24, 2.45) is 0 Å². The second kappa shape index (κ2) is 7.95. The molecule has 0 unspecified atom stereocenters. The van der Waals surface area contributed by atoms with Crippen LogP contribution in [-0.2, 0) is 16.0 Å². The Kier molecular flexibility index (Phi) is 5.47. The van der Waals surface area contributed by atoms with E-state index in [1.165, 1.54) is 16.3 Å². The van der Waals surface area contributed by atoms with Gasteiger partial charge in [-0.25, -0.2) is 0 Å². The van der Waals surface area contributed by atoms with Gasteiger partial charge in [0.2, 0.25) is 11.8 Å². The molecule has 1 fully saturated rings. The Balaban J connectivity index is 1.48. The first-order valence-electron chi connectivity index (χ1n) is 8.74. The summed E-state index contributed by atoms with van der Waals surface area (Å²) in [6, 6.07) is 14.6. The summed E-state index contributed by atoms with van der Waals surface area (Å²) in [7, 11) is 0. The molecule has 1 aliphatic rings. The molecule has 4 heteroatoms. The van der Waals surface area contributed by atoms with Crippen LogP contribution in [-0.4, -0.2) is 36.3 Å². The van der Waals surface area contributed by atoms with Crippen LogP contribution in [0.25, 0.3) is 10.8 Å². The predicted octanol–water partition coefficient (Wildman–Crippen LogP) is 2.90. The molecule has 2 aromatic rings. The van der Waals surface area contributed by atoms with Gasteiger partial charge in [0.05, 0.1) is 6.54 Å². The van der Waals surface area contributed by atoms with Gasteiger partial charge in [0.15, 0.2) is 0 Å². The summed E-state index contributed by atoms with van der Waals surface area (Å²) in [5, 5.41) is 5.38. The highest BCUT2D eigenvalue weighted by Crippen LogP contribution is 2.15. The lowest BCUT2D eigenvalue weighted by molar-refractivity contribution is -0.135. The van der Waals surface area contributed by atoms with E-state index in [4.69, 9.17) is 0 Å². The quantitative estimate of drug-likeness (QED) is 0.919. The Morgan fingerprint density at radius 1 is 1.04 bits per heavy atom. The van der Waals surface area contributed by atoms with Gasteiger partial charge in [-0.2, -0.15) is 0 Å². The third-order valence-electron chi connectivity index (χ3n) is 4.56. The Hall–Kier alpha value is -2.36. The molecule has 2 amide bonds. The van der Waals surface area contributed by atoms with Gasteiger partial charge in [-0.05, 0) is 35.6 Å². The first kappa shape index (κ1) is 16.5. The lowest BCUT2D eigenvalue weighted by atomic mass is 10.1. The van der Waals surface area contributed by atoms with E-state index >= 15 is 0 Å². The molecule has 0 spiro atoms. The van der Waals surface area contributed by atoms with E-state index in [2.05, 4.69) is 35.6 Å². The van der Waals surface area contributed by atoms with Crippen LogP contribution in [0.15, 0.2) is 42.5 Å². The highest BCUT2D eigenvalue weighted by Gasteiger charge is 2.18. The van der Waals surface area contributed by atoms with Crippen LogP contribution in [0.4, 0.5) is 0 Å². The Morgan fingerprint density at radius 3 is 2.75 bits per heavy atom. The number of hydrogen-bond acceptors (Lipinski definition) is 2. The number of fused-ring (bicyclic) bond motifs is 1. The SMILES string of the molecule is O=C(CN1CCCCCC1=O)NCCc1ccc2ccccc2c1. The minimum atomic E-state index is -0.0639. The van der Waals surface area contributed by atoms with Crippen molar-refractivity contribution in [2.45, 2.75) is 32.1 Å². The number of carbonyl (C=O) groups excluding carboxylic acids is 2. The van der Waals surface area contributed by atoms with Crippen LogP contribution in [0.2, 0.25) is 0 Å². The standard InChI is InChI=1S/C20H24N2O2/c23-19(15-22-13-5-1-2-8-20(22)24)21-12-11-16-9-10-17-6-3-4-7-18(17)14-16/h3-4,6-7,9-10,14H,1-2,5,8,11-13,15H2,(H,21,23). The third kappa shape index (κ3) is 4.34. The molecule has 24 heavy (non-hydrogen) atoms. The lowest BCUT2D eigenvalue weighted by Crippen LogP contribution is -2.41. The zero-order valence-electron chi connectivity index (χ0n) is 14.0. The summed E-state index contributed by atoms with van der Waals surface area (Å²) in [6.45, 7) is 1.49. The Bertz CT molecular complexity index is 726. The average molecular weight is 324 g/mol. The van der Waals surface area contributed by atoms with E-state index in [0.29, 0.717) is 19.5 Å². The third-order valence-corrected chi connectivity index (χ3v) is 4.56. The molecule has 1 heterocycles. The molecule has 1 N–H and O–H groups in total. The summed E-state index contributed by atoms with van der Waals surface area (Å²) >= 11 is 0. The van der Waals surface area contributed by atoms with Crippen molar-refractivity contribution in [1.82, 2.24) is 10.2 Å². The molecule has 1 saturated heterocycles. The largest absolute Gasteiger partial charge is 0.354 e. The molecule has 3 rings (SSSR count). The van der Waals surface area contributed by atoms with Gasteiger partial charge in [0, 0.05) is 19.5 Å². The maximum absolute atomic E-state index is 12.1. The summed E-state index contributed by atoms with van der Waals surface area (Å²) in [5.41, 5.74) is 1.21. The van der Waals surface area contributed by atoms with Crippen molar-refractivity contribution < 1.29 is 9.59 Å². The van der Waals surface area contributed by atoms with Gasteiger partial charge < -0.3 is 10.2 Å². The predicted molar refractivity (Wildman–Crippen MR) is 95.7 cm³/mol. The monoisotopic (exact) mass is 324 g/mol. The number of amides is 2. The van der Waals surface area contributed by atoms with Crippen molar-refractivity contribution in [3.8, 4) is 0 Å². The average Bonchev–Trinajstić information content (AvgIpc) is 2.79. The lowest BCUT2D eigenvalue weighted by Gasteiger charge is -2.19. The Morgan fingerprint density at radius 2 is 1.88 bits per heavy atom. The van der Waals surface area contributed by atoms with Gasteiger partial charge in [-0.3, -0.25) is 9.59 Å². The highest BCUT2D eigenvalue weighted by atomic mass is 16.2. The summed E-state index contributed by atoms with van der Waals surface area (Å²) in [4.78, 5) is 25.7. The summed E-state index contributed by atoms with van der Waals surface area (Å²) < 4.78 is 0. The molecular weight excluding hydrogens is 300 g/mol. The van der Waals surface area contributed by atoms with Crippen LogP contribution >= 0.6 is 0 Å². The van der Waals surface area contributed by atoms with E-state index in [1.54, 1.807) is 4.90 Å². The van der Waals surface area contributed by atoms with Crippen LogP contribution in [0.1, 0.15) is 31.2 Å². The van der Waals surface area contributed by atoms with Crippen LogP contribution in [0, 0.1) is 0 Å². The van der Waals surface area contributed by atoms with Gasteiger partial charge >= 0.3 is 0 Å². The van der Waals surface area contributed by atoms with Gasteiger partial charge in [-0.15, -0.1) is 0 Å².